The number of esters is 1. The molecule has 0 unspecified atom stereocenters. The first-order valence-electron chi connectivity index (χ1n) is 7.19. The van der Waals surface area contributed by atoms with Crippen LogP contribution in [0.2, 0.25) is 0 Å². The third kappa shape index (κ3) is 4.36. The maximum Gasteiger partial charge on any atom is 0.373 e. The monoisotopic (exact) mass is 303 g/mol. The lowest BCUT2D eigenvalue weighted by Crippen LogP contribution is -2.16. The van der Waals surface area contributed by atoms with Gasteiger partial charge in [-0.05, 0) is 43.8 Å². The molecule has 0 aliphatic carbocycles. The van der Waals surface area contributed by atoms with Gasteiger partial charge in [-0.2, -0.15) is 0 Å². The lowest BCUT2D eigenvalue weighted by Gasteiger charge is -2.15. The molecule has 0 bridgehead atoms. The Morgan fingerprint density at radius 2 is 1.86 bits per heavy atom. The molecular formula is C17H21NO4. The van der Waals surface area contributed by atoms with Crippen molar-refractivity contribution in [3.63, 3.8) is 0 Å². The molecule has 0 aliphatic heterocycles. The highest BCUT2D eigenvalue weighted by molar-refractivity contribution is 5.86. The van der Waals surface area contributed by atoms with Gasteiger partial charge in [0.15, 0.2) is 0 Å². The van der Waals surface area contributed by atoms with Gasteiger partial charge in [0.1, 0.15) is 11.5 Å². The zero-order valence-corrected chi connectivity index (χ0v) is 13.2. The highest BCUT2D eigenvalue weighted by Gasteiger charge is 2.12. The summed E-state index contributed by atoms with van der Waals surface area (Å²) in [6, 6.07) is 11.4. The van der Waals surface area contributed by atoms with Gasteiger partial charge in [-0.1, -0.05) is 12.1 Å². The maximum atomic E-state index is 11.3. The maximum absolute atomic E-state index is 11.3. The number of hydrogen-bond donors (Lipinski definition) is 0. The molecule has 0 saturated carbocycles. The summed E-state index contributed by atoms with van der Waals surface area (Å²) < 4.78 is 15.5. The van der Waals surface area contributed by atoms with E-state index in [4.69, 9.17) is 9.15 Å². The summed E-state index contributed by atoms with van der Waals surface area (Å²) in [5, 5.41) is 0. The minimum Gasteiger partial charge on any atom is -0.494 e. The Kier molecular flexibility index (Phi) is 5.61. The van der Waals surface area contributed by atoms with Gasteiger partial charge in [0.2, 0.25) is 5.76 Å². The Hall–Kier alpha value is -2.27. The Morgan fingerprint density at radius 3 is 2.50 bits per heavy atom. The molecule has 0 aliphatic rings. The smallest absolute Gasteiger partial charge is 0.373 e. The number of benzene rings is 1. The molecule has 5 nitrogen and oxygen atoms in total. The van der Waals surface area contributed by atoms with E-state index in [1.54, 1.807) is 12.1 Å². The van der Waals surface area contributed by atoms with E-state index < -0.39 is 5.97 Å². The lowest BCUT2D eigenvalue weighted by molar-refractivity contribution is 0.0561. The number of carbonyl (C=O) groups is 1. The van der Waals surface area contributed by atoms with Crippen molar-refractivity contribution in [1.82, 2.24) is 4.90 Å². The minimum atomic E-state index is -0.458. The van der Waals surface area contributed by atoms with Gasteiger partial charge in [0, 0.05) is 6.54 Å². The number of nitrogens with zero attached hydrogens (tertiary/aromatic N) is 1. The van der Waals surface area contributed by atoms with Crippen molar-refractivity contribution < 1.29 is 18.7 Å². The molecule has 1 aromatic carbocycles. The third-order valence-corrected chi connectivity index (χ3v) is 3.16. The van der Waals surface area contributed by atoms with Crippen molar-refractivity contribution in [2.75, 3.05) is 20.8 Å². The Bertz CT molecular complexity index is 603. The van der Waals surface area contributed by atoms with Crippen LogP contribution in [0.1, 0.15) is 28.8 Å². The minimum absolute atomic E-state index is 0.229. The van der Waals surface area contributed by atoms with Gasteiger partial charge >= 0.3 is 5.97 Å². The van der Waals surface area contributed by atoms with Crippen molar-refractivity contribution in [3.05, 3.63) is 53.5 Å². The van der Waals surface area contributed by atoms with Crippen LogP contribution in [0.5, 0.6) is 5.75 Å². The Balaban J connectivity index is 1.90. The predicted octanol–water partition coefficient (Wildman–Crippen LogP) is 3.10. The van der Waals surface area contributed by atoms with Crippen LogP contribution in [0, 0.1) is 0 Å². The molecule has 5 heteroatoms. The summed E-state index contributed by atoms with van der Waals surface area (Å²) >= 11 is 0. The summed E-state index contributed by atoms with van der Waals surface area (Å²) in [5.41, 5.74) is 1.19. The molecule has 0 N–H and O–H groups in total. The second-order valence-electron chi connectivity index (χ2n) is 5.01. The normalized spacial score (nSPS) is 10.7. The molecule has 2 aromatic rings. The number of methoxy groups -OCH3 is 1. The summed E-state index contributed by atoms with van der Waals surface area (Å²) in [5.74, 6) is 1.38. The fourth-order valence-corrected chi connectivity index (χ4v) is 2.16. The van der Waals surface area contributed by atoms with Crippen LogP contribution < -0.4 is 4.74 Å². The van der Waals surface area contributed by atoms with Crippen molar-refractivity contribution in [2.45, 2.75) is 20.0 Å². The van der Waals surface area contributed by atoms with Crippen molar-refractivity contribution in [2.24, 2.45) is 0 Å². The summed E-state index contributed by atoms with van der Waals surface area (Å²) in [7, 11) is 3.33. The van der Waals surface area contributed by atoms with E-state index in [1.165, 1.54) is 12.7 Å². The molecule has 0 spiro atoms. The number of ether oxygens (including phenoxy) is 2. The molecule has 2 rings (SSSR count). The van der Waals surface area contributed by atoms with E-state index in [0.29, 0.717) is 13.2 Å². The van der Waals surface area contributed by atoms with Crippen LogP contribution in [-0.2, 0) is 17.8 Å². The van der Waals surface area contributed by atoms with Crippen LogP contribution in [-0.4, -0.2) is 31.6 Å². The summed E-state index contributed by atoms with van der Waals surface area (Å²) in [6.45, 7) is 4.03. The Morgan fingerprint density at radius 1 is 1.14 bits per heavy atom. The number of furan rings is 1. The number of carbonyl (C=O) groups excluding carboxylic acids is 1. The van der Waals surface area contributed by atoms with E-state index in [1.807, 2.05) is 38.2 Å². The van der Waals surface area contributed by atoms with Crippen molar-refractivity contribution in [1.29, 1.82) is 0 Å². The topological polar surface area (TPSA) is 51.9 Å². The Labute approximate surface area is 130 Å². The van der Waals surface area contributed by atoms with Crippen LogP contribution in [0.3, 0.4) is 0 Å². The van der Waals surface area contributed by atoms with E-state index >= 15 is 0 Å². The molecule has 0 radical (unpaired) electrons. The molecular weight excluding hydrogens is 282 g/mol. The van der Waals surface area contributed by atoms with E-state index in [9.17, 15) is 4.79 Å². The number of hydrogen-bond acceptors (Lipinski definition) is 5. The second-order valence-corrected chi connectivity index (χ2v) is 5.01. The first kappa shape index (κ1) is 16.1. The predicted molar refractivity (Wildman–Crippen MR) is 82.8 cm³/mol. The van der Waals surface area contributed by atoms with Gasteiger partial charge in [0.25, 0.3) is 0 Å². The van der Waals surface area contributed by atoms with E-state index in [0.717, 1.165) is 18.1 Å². The van der Waals surface area contributed by atoms with Crippen LogP contribution >= 0.6 is 0 Å². The second kappa shape index (κ2) is 7.66. The van der Waals surface area contributed by atoms with Gasteiger partial charge in [-0.25, -0.2) is 4.79 Å². The molecule has 118 valence electrons. The summed E-state index contributed by atoms with van der Waals surface area (Å²) in [4.78, 5) is 13.5. The SMILES string of the molecule is CCOc1ccc(CN(C)Cc2ccc(C(=O)OC)o2)cc1. The molecule has 0 atom stereocenters. The highest BCUT2D eigenvalue weighted by atomic mass is 16.5. The van der Waals surface area contributed by atoms with Crippen LogP contribution in [0.15, 0.2) is 40.8 Å². The molecule has 0 amide bonds. The van der Waals surface area contributed by atoms with E-state index in [2.05, 4.69) is 9.64 Å². The first-order valence-corrected chi connectivity index (χ1v) is 7.19. The number of rotatable bonds is 7. The van der Waals surface area contributed by atoms with Crippen molar-refractivity contribution >= 4 is 5.97 Å². The van der Waals surface area contributed by atoms with Crippen molar-refractivity contribution in [3.8, 4) is 5.75 Å². The standard InChI is InChI=1S/C17H21NO4/c1-4-21-14-7-5-13(6-8-14)11-18(2)12-15-9-10-16(22-15)17(19)20-3/h5-10H,4,11-12H2,1-3H3. The van der Waals surface area contributed by atoms with Gasteiger partial charge < -0.3 is 13.9 Å². The average molecular weight is 303 g/mol. The van der Waals surface area contributed by atoms with Gasteiger partial charge in [-0.15, -0.1) is 0 Å². The molecule has 1 heterocycles. The largest absolute Gasteiger partial charge is 0.494 e. The highest BCUT2D eigenvalue weighted by Crippen LogP contribution is 2.15. The molecule has 0 saturated heterocycles. The van der Waals surface area contributed by atoms with Gasteiger partial charge in [0.05, 0.1) is 20.3 Å². The van der Waals surface area contributed by atoms with Crippen LogP contribution in [0.4, 0.5) is 0 Å². The van der Waals surface area contributed by atoms with Crippen LogP contribution in [0.25, 0.3) is 0 Å². The first-order chi connectivity index (χ1) is 10.6. The molecule has 22 heavy (non-hydrogen) atoms. The third-order valence-electron chi connectivity index (χ3n) is 3.16. The quantitative estimate of drug-likeness (QED) is 0.736. The zero-order chi connectivity index (χ0) is 15.9. The summed E-state index contributed by atoms with van der Waals surface area (Å²) in [6.07, 6.45) is 0. The fraction of sp³-hybridized carbons (Fsp3) is 0.353. The fourth-order valence-electron chi connectivity index (χ4n) is 2.16. The molecule has 1 aromatic heterocycles. The van der Waals surface area contributed by atoms with E-state index in [-0.39, 0.29) is 5.76 Å². The molecule has 0 fully saturated rings. The average Bonchev–Trinajstić information content (AvgIpc) is 2.97. The van der Waals surface area contributed by atoms with Gasteiger partial charge in [-0.3, -0.25) is 4.90 Å². The zero-order valence-electron chi connectivity index (χ0n) is 13.2. The lowest BCUT2D eigenvalue weighted by atomic mass is 10.2.